The molecule has 1 N–H and O–H groups in total. The summed E-state index contributed by atoms with van der Waals surface area (Å²) in [7, 11) is 0. The van der Waals surface area contributed by atoms with Crippen LogP contribution in [-0.4, -0.2) is 23.9 Å². The maximum Gasteiger partial charge on any atom is 0.0868 e. The Balaban J connectivity index is 2.39. The van der Waals surface area contributed by atoms with Gasteiger partial charge < -0.3 is 9.84 Å². The molecule has 0 bridgehead atoms. The first-order valence-corrected chi connectivity index (χ1v) is 7.94. The largest absolute Gasteiger partial charge is 0.390 e. The quantitative estimate of drug-likeness (QED) is 0.591. The molecule has 0 heterocycles. The van der Waals surface area contributed by atoms with Crippen LogP contribution in [0.5, 0.6) is 0 Å². The lowest BCUT2D eigenvalue weighted by Crippen LogP contribution is -2.29. The fourth-order valence-electron chi connectivity index (χ4n) is 2.33. The molecule has 0 aromatic carbocycles. The van der Waals surface area contributed by atoms with E-state index in [1.54, 1.807) is 0 Å². The zero-order valence-electron chi connectivity index (χ0n) is 12.4. The standard InChI is InChI=1S/C17H30O2/c1-2-3-12-15-19-17-14-11-9-7-5-4-6-8-10-13-16(17)18/h4,6,9,11,16-18H,2-3,5,7-8,10,12-15H2,1H3. The van der Waals surface area contributed by atoms with E-state index in [1.165, 1.54) is 12.8 Å². The number of hydrogen-bond donors (Lipinski definition) is 1. The fourth-order valence-corrected chi connectivity index (χ4v) is 2.33. The summed E-state index contributed by atoms with van der Waals surface area (Å²) in [6.07, 6.45) is 18.1. The van der Waals surface area contributed by atoms with E-state index in [1.807, 2.05) is 0 Å². The average molecular weight is 266 g/mol. The van der Waals surface area contributed by atoms with Gasteiger partial charge in [-0.15, -0.1) is 0 Å². The topological polar surface area (TPSA) is 29.5 Å². The highest BCUT2D eigenvalue weighted by Crippen LogP contribution is 2.15. The van der Waals surface area contributed by atoms with Crippen LogP contribution in [0.4, 0.5) is 0 Å². The molecular formula is C17H30O2. The van der Waals surface area contributed by atoms with Gasteiger partial charge in [-0.25, -0.2) is 0 Å². The Kier molecular flexibility index (Phi) is 9.74. The summed E-state index contributed by atoms with van der Waals surface area (Å²) < 4.78 is 5.88. The minimum atomic E-state index is -0.320. The predicted octanol–water partition coefficient (Wildman–Crippen LogP) is 4.39. The van der Waals surface area contributed by atoms with E-state index in [0.717, 1.165) is 51.6 Å². The third-order valence-electron chi connectivity index (χ3n) is 3.58. The van der Waals surface area contributed by atoms with Crippen molar-refractivity contribution in [1.82, 2.24) is 0 Å². The first-order chi connectivity index (χ1) is 9.34. The highest BCUT2D eigenvalue weighted by molar-refractivity contribution is 4.91. The van der Waals surface area contributed by atoms with E-state index in [4.69, 9.17) is 4.74 Å². The van der Waals surface area contributed by atoms with Crippen molar-refractivity contribution in [2.75, 3.05) is 6.61 Å². The minimum absolute atomic E-state index is 0.0171. The van der Waals surface area contributed by atoms with Crippen molar-refractivity contribution >= 4 is 0 Å². The maximum atomic E-state index is 10.2. The van der Waals surface area contributed by atoms with Gasteiger partial charge in [0.2, 0.25) is 0 Å². The second kappa shape index (κ2) is 11.2. The van der Waals surface area contributed by atoms with Crippen molar-refractivity contribution in [3.05, 3.63) is 24.3 Å². The van der Waals surface area contributed by atoms with Gasteiger partial charge in [0.15, 0.2) is 0 Å². The first kappa shape index (κ1) is 16.5. The van der Waals surface area contributed by atoms with Crippen molar-refractivity contribution < 1.29 is 9.84 Å². The number of ether oxygens (including phenoxy) is 1. The van der Waals surface area contributed by atoms with E-state index >= 15 is 0 Å². The number of aliphatic hydroxyl groups excluding tert-OH is 1. The van der Waals surface area contributed by atoms with Crippen molar-refractivity contribution in [3.63, 3.8) is 0 Å². The lowest BCUT2D eigenvalue weighted by molar-refractivity contribution is -0.0400. The zero-order valence-corrected chi connectivity index (χ0v) is 12.4. The maximum absolute atomic E-state index is 10.2. The molecule has 0 aliphatic heterocycles. The molecule has 2 atom stereocenters. The highest BCUT2D eigenvalue weighted by atomic mass is 16.5. The number of aliphatic hydroxyl groups is 1. The second-order valence-electron chi connectivity index (χ2n) is 5.37. The Morgan fingerprint density at radius 2 is 1.79 bits per heavy atom. The zero-order chi connectivity index (χ0) is 13.8. The normalized spacial score (nSPS) is 25.8. The molecule has 0 saturated heterocycles. The smallest absolute Gasteiger partial charge is 0.0868 e. The molecule has 2 heteroatoms. The van der Waals surface area contributed by atoms with E-state index in [-0.39, 0.29) is 12.2 Å². The molecule has 1 aliphatic carbocycles. The molecule has 0 aromatic rings. The fraction of sp³-hybridized carbons (Fsp3) is 0.765. The molecule has 0 fully saturated rings. The third-order valence-corrected chi connectivity index (χ3v) is 3.58. The van der Waals surface area contributed by atoms with Crippen LogP contribution in [0.1, 0.15) is 64.7 Å². The molecule has 110 valence electrons. The van der Waals surface area contributed by atoms with Crippen molar-refractivity contribution in [2.45, 2.75) is 76.9 Å². The van der Waals surface area contributed by atoms with E-state index in [9.17, 15) is 5.11 Å². The first-order valence-electron chi connectivity index (χ1n) is 7.94. The molecule has 0 saturated carbocycles. The van der Waals surface area contributed by atoms with Gasteiger partial charge in [0.1, 0.15) is 0 Å². The molecule has 0 radical (unpaired) electrons. The molecule has 2 unspecified atom stereocenters. The summed E-state index contributed by atoms with van der Waals surface area (Å²) in [4.78, 5) is 0. The van der Waals surface area contributed by atoms with Gasteiger partial charge in [0.05, 0.1) is 12.2 Å². The van der Waals surface area contributed by atoms with Crippen LogP contribution in [0, 0.1) is 0 Å². The number of unbranched alkanes of at least 4 members (excludes halogenated alkanes) is 2. The lowest BCUT2D eigenvalue weighted by atomic mass is 10.0. The molecular weight excluding hydrogens is 236 g/mol. The van der Waals surface area contributed by atoms with Gasteiger partial charge in [-0.1, -0.05) is 44.1 Å². The predicted molar refractivity (Wildman–Crippen MR) is 81.3 cm³/mol. The Labute approximate surface area is 118 Å². The summed E-state index contributed by atoms with van der Waals surface area (Å²) in [6.45, 7) is 2.98. The summed E-state index contributed by atoms with van der Waals surface area (Å²) in [5, 5.41) is 10.2. The van der Waals surface area contributed by atoms with Crippen LogP contribution >= 0.6 is 0 Å². The van der Waals surface area contributed by atoms with Crippen LogP contribution in [-0.2, 0) is 4.74 Å². The van der Waals surface area contributed by atoms with Gasteiger partial charge in [-0.2, -0.15) is 0 Å². The van der Waals surface area contributed by atoms with Gasteiger partial charge in [0.25, 0.3) is 0 Å². The van der Waals surface area contributed by atoms with Crippen molar-refractivity contribution in [1.29, 1.82) is 0 Å². The Bertz CT molecular complexity index is 258. The van der Waals surface area contributed by atoms with Crippen molar-refractivity contribution in [2.24, 2.45) is 0 Å². The minimum Gasteiger partial charge on any atom is -0.390 e. The van der Waals surface area contributed by atoms with E-state index in [0.29, 0.717) is 0 Å². The highest BCUT2D eigenvalue weighted by Gasteiger charge is 2.18. The number of hydrogen-bond acceptors (Lipinski definition) is 2. The van der Waals surface area contributed by atoms with Gasteiger partial charge >= 0.3 is 0 Å². The summed E-state index contributed by atoms with van der Waals surface area (Å²) >= 11 is 0. The average Bonchev–Trinajstić information content (AvgIpc) is 2.41. The number of allylic oxidation sites excluding steroid dienone is 3. The molecule has 2 nitrogen and oxygen atoms in total. The summed E-state index contributed by atoms with van der Waals surface area (Å²) in [6, 6.07) is 0. The summed E-state index contributed by atoms with van der Waals surface area (Å²) in [5.41, 5.74) is 0. The SMILES string of the molecule is CCCCCOC1CC=CCCC=CCCCC1O. The van der Waals surface area contributed by atoms with Gasteiger partial charge in [-0.05, 0) is 44.9 Å². The van der Waals surface area contributed by atoms with Gasteiger partial charge in [0, 0.05) is 6.61 Å². The van der Waals surface area contributed by atoms with Crippen LogP contribution in [0.2, 0.25) is 0 Å². The molecule has 0 amide bonds. The number of rotatable bonds is 5. The Morgan fingerprint density at radius 3 is 2.58 bits per heavy atom. The second-order valence-corrected chi connectivity index (χ2v) is 5.37. The Morgan fingerprint density at radius 1 is 1.05 bits per heavy atom. The molecule has 1 aliphatic rings. The molecule has 0 aromatic heterocycles. The van der Waals surface area contributed by atoms with Crippen molar-refractivity contribution in [3.8, 4) is 0 Å². The molecule has 0 spiro atoms. The third kappa shape index (κ3) is 8.22. The van der Waals surface area contributed by atoms with Crippen LogP contribution in [0.3, 0.4) is 0 Å². The Hall–Kier alpha value is -0.600. The molecule has 19 heavy (non-hydrogen) atoms. The van der Waals surface area contributed by atoms with E-state index in [2.05, 4.69) is 31.2 Å². The lowest BCUT2D eigenvalue weighted by Gasteiger charge is -2.22. The van der Waals surface area contributed by atoms with Crippen LogP contribution < -0.4 is 0 Å². The molecule has 1 rings (SSSR count). The van der Waals surface area contributed by atoms with E-state index < -0.39 is 0 Å². The van der Waals surface area contributed by atoms with Crippen LogP contribution in [0.25, 0.3) is 0 Å². The monoisotopic (exact) mass is 266 g/mol. The van der Waals surface area contributed by atoms with Crippen LogP contribution in [0.15, 0.2) is 24.3 Å². The summed E-state index contributed by atoms with van der Waals surface area (Å²) in [5.74, 6) is 0. The van der Waals surface area contributed by atoms with Gasteiger partial charge in [-0.3, -0.25) is 0 Å².